The molecule has 1 spiro atoms. The maximum absolute atomic E-state index is 12.8. The molecule has 1 N–H and O–H groups in total. The molecule has 214 valence electrons. The number of hydrogen-bond acceptors (Lipinski definition) is 4. The highest BCUT2D eigenvalue weighted by Gasteiger charge is 2.40. The van der Waals surface area contributed by atoms with Crippen LogP contribution >= 0.6 is 0 Å². The lowest BCUT2D eigenvalue weighted by atomic mass is 10.0. The molecule has 0 aromatic heterocycles. The highest BCUT2D eigenvalue weighted by molar-refractivity contribution is 5.76. The first-order chi connectivity index (χ1) is 18.7. The lowest BCUT2D eigenvalue weighted by Gasteiger charge is -2.39. The largest absolute Gasteiger partial charge is 0.348 e. The molecule has 5 heteroatoms. The second kappa shape index (κ2) is 18.6. The number of ether oxygens (including phenoxy) is 2. The molecule has 2 fully saturated rings. The van der Waals surface area contributed by atoms with Crippen LogP contribution in [0.15, 0.2) is 42.5 Å². The van der Waals surface area contributed by atoms with Crippen LogP contribution in [0.3, 0.4) is 0 Å². The Morgan fingerprint density at radius 3 is 2.08 bits per heavy atom. The molecule has 1 atom stereocenters. The number of allylic oxidation sites excluding steroid dienone is 2. The number of piperidine rings is 1. The Hall–Kier alpha value is -1.69. The highest BCUT2D eigenvalue weighted by atomic mass is 16.7. The van der Waals surface area contributed by atoms with E-state index in [1.54, 1.807) is 0 Å². The van der Waals surface area contributed by atoms with Gasteiger partial charge in [0.25, 0.3) is 0 Å². The first-order valence-corrected chi connectivity index (χ1v) is 15.7. The molecule has 2 saturated heterocycles. The first-order valence-electron chi connectivity index (χ1n) is 15.7. The van der Waals surface area contributed by atoms with E-state index in [1.165, 1.54) is 76.2 Å². The number of amides is 1. The van der Waals surface area contributed by atoms with Crippen LogP contribution < -0.4 is 5.32 Å². The van der Waals surface area contributed by atoms with E-state index < -0.39 is 0 Å². The summed E-state index contributed by atoms with van der Waals surface area (Å²) in [5.74, 6) is -0.182. The minimum absolute atomic E-state index is 0.0197. The van der Waals surface area contributed by atoms with Crippen molar-refractivity contribution < 1.29 is 14.3 Å². The van der Waals surface area contributed by atoms with Crippen molar-refractivity contribution in [1.29, 1.82) is 0 Å². The number of likely N-dealkylation sites (tertiary alicyclic amines) is 1. The van der Waals surface area contributed by atoms with Gasteiger partial charge in [0.2, 0.25) is 5.91 Å². The Kier molecular flexibility index (Phi) is 15.1. The van der Waals surface area contributed by atoms with Crippen molar-refractivity contribution in [2.24, 2.45) is 0 Å². The van der Waals surface area contributed by atoms with Gasteiger partial charge in [0.1, 0.15) is 0 Å². The molecule has 0 radical (unpaired) electrons. The molecular weight excluding hydrogens is 472 g/mol. The summed E-state index contributed by atoms with van der Waals surface area (Å²) in [7, 11) is 0. The van der Waals surface area contributed by atoms with Gasteiger partial charge in [-0.25, -0.2) is 0 Å². The maximum Gasteiger partial charge on any atom is 0.220 e. The molecule has 38 heavy (non-hydrogen) atoms. The van der Waals surface area contributed by atoms with Crippen molar-refractivity contribution >= 4 is 5.91 Å². The van der Waals surface area contributed by atoms with E-state index in [9.17, 15) is 4.79 Å². The van der Waals surface area contributed by atoms with Crippen molar-refractivity contribution in [2.45, 2.75) is 121 Å². The summed E-state index contributed by atoms with van der Waals surface area (Å²) in [4.78, 5) is 15.3. The van der Waals surface area contributed by atoms with Gasteiger partial charge >= 0.3 is 0 Å². The smallest absolute Gasteiger partial charge is 0.220 e. The van der Waals surface area contributed by atoms with Gasteiger partial charge in [0.05, 0.1) is 19.3 Å². The molecule has 0 saturated carbocycles. The van der Waals surface area contributed by atoms with Crippen molar-refractivity contribution in [3.63, 3.8) is 0 Å². The molecule has 1 unspecified atom stereocenters. The predicted molar refractivity (Wildman–Crippen MR) is 157 cm³/mol. The van der Waals surface area contributed by atoms with Gasteiger partial charge < -0.3 is 19.7 Å². The number of carbonyl (C=O) groups excluding carboxylic acids is 1. The molecule has 1 aromatic rings. The summed E-state index contributed by atoms with van der Waals surface area (Å²) in [6, 6.07) is 10.4. The molecule has 0 aliphatic carbocycles. The molecule has 5 nitrogen and oxygen atoms in total. The number of benzene rings is 1. The predicted octanol–water partition coefficient (Wildman–Crippen LogP) is 7.72. The second-order valence-electron chi connectivity index (χ2n) is 11.3. The van der Waals surface area contributed by atoms with Gasteiger partial charge in [0, 0.05) is 38.9 Å². The Morgan fingerprint density at radius 1 is 0.868 bits per heavy atom. The zero-order valence-corrected chi connectivity index (χ0v) is 24.1. The van der Waals surface area contributed by atoms with Crippen molar-refractivity contribution in [2.75, 3.05) is 32.8 Å². The maximum atomic E-state index is 12.8. The zero-order chi connectivity index (χ0) is 26.7. The molecule has 2 aliphatic rings. The summed E-state index contributed by atoms with van der Waals surface area (Å²) in [5, 5.41) is 3.34. The summed E-state index contributed by atoms with van der Waals surface area (Å²) in [6.07, 6.45) is 23.7. The van der Waals surface area contributed by atoms with Crippen LogP contribution in [0.1, 0.15) is 121 Å². The number of hydrogen-bond donors (Lipinski definition) is 1. The van der Waals surface area contributed by atoms with Crippen molar-refractivity contribution in [3.8, 4) is 0 Å². The Morgan fingerprint density at radius 2 is 1.45 bits per heavy atom. The number of nitrogens with one attached hydrogen (secondary N) is 1. The third-order valence-electron chi connectivity index (χ3n) is 8.07. The fraction of sp³-hybridized carbons (Fsp3) is 0.727. The first kappa shape index (κ1) is 30.8. The second-order valence-corrected chi connectivity index (χ2v) is 11.3. The monoisotopic (exact) mass is 526 g/mol. The fourth-order valence-electron chi connectivity index (χ4n) is 5.66. The van der Waals surface area contributed by atoms with E-state index in [1.807, 2.05) is 6.07 Å². The third kappa shape index (κ3) is 12.0. The molecule has 2 heterocycles. The van der Waals surface area contributed by atoms with Gasteiger partial charge in [-0.3, -0.25) is 4.79 Å². The average molecular weight is 527 g/mol. The van der Waals surface area contributed by atoms with Gasteiger partial charge in [0.15, 0.2) is 5.79 Å². The Bertz CT molecular complexity index is 766. The van der Waals surface area contributed by atoms with E-state index >= 15 is 0 Å². The number of rotatable bonds is 19. The van der Waals surface area contributed by atoms with Crippen molar-refractivity contribution in [1.82, 2.24) is 10.2 Å². The average Bonchev–Trinajstić information content (AvgIpc) is 3.40. The summed E-state index contributed by atoms with van der Waals surface area (Å²) in [5.41, 5.74) is 1.18. The van der Waals surface area contributed by atoms with E-state index in [-0.39, 0.29) is 17.7 Å². The minimum Gasteiger partial charge on any atom is -0.348 e. The van der Waals surface area contributed by atoms with Crippen LogP contribution in [-0.4, -0.2) is 49.4 Å². The normalized spacial score (nSPS) is 18.3. The Balaban J connectivity index is 1.25. The molecule has 1 amide bonds. The highest BCUT2D eigenvalue weighted by Crippen LogP contribution is 2.32. The lowest BCUT2D eigenvalue weighted by Crippen LogP contribution is -2.47. The fourth-order valence-corrected chi connectivity index (χ4v) is 5.66. The number of nitrogens with zero attached hydrogens (tertiary/aromatic N) is 1. The number of unbranched alkanes of at least 4 members (excludes halogenated alkanes) is 11. The molecular formula is C33H54N2O3. The number of carbonyl (C=O) groups is 1. The van der Waals surface area contributed by atoms with Gasteiger partial charge in [-0.15, -0.1) is 0 Å². The summed E-state index contributed by atoms with van der Waals surface area (Å²) in [6.45, 7) is 6.40. The van der Waals surface area contributed by atoms with Crippen LogP contribution in [0.2, 0.25) is 0 Å². The lowest BCUT2D eigenvalue weighted by molar-refractivity contribution is -0.185. The van der Waals surface area contributed by atoms with Crippen LogP contribution in [0.25, 0.3) is 0 Å². The molecule has 2 aliphatic heterocycles. The van der Waals surface area contributed by atoms with Gasteiger partial charge in [-0.2, -0.15) is 0 Å². The third-order valence-corrected chi connectivity index (χ3v) is 8.07. The van der Waals surface area contributed by atoms with Crippen LogP contribution in [0.4, 0.5) is 0 Å². The zero-order valence-electron chi connectivity index (χ0n) is 24.1. The van der Waals surface area contributed by atoms with Crippen LogP contribution in [0, 0.1) is 0 Å². The van der Waals surface area contributed by atoms with E-state index in [4.69, 9.17) is 9.47 Å². The van der Waals surface area contributed by atoms with Crippen LogP contribution in [-0.2, 0) is 14.3 Å². The summed E-state index contributed by atoms with van der Waals surface area (Å²) >= 11 is 0. The van der Waals surface area contributed by atoms with E-state index in [2.05, 4.69) is 53.6 Å². The van der Waals surface area contributed by atoms with Gasteiger partial charge in [-0.05, 0) is 37.7 Å². The molecule has 3 rings (SSSR count). The Labute approximate surface area is 232 Å². The van der Waals surface area contributed by atoms with Crippen molar-refractivity contribution in [3.05, 3.63) is 48.0 Å². The van der Waals surface area contributed by atoms with E-state index in [0.29, 0.717) is 19.6 Å². The molecule has 0 bridgehead atoms. The SMILES string of the molecule is CCCCCCCCC=CCCCCCCCC(=O)NC(CN1CCC2(CC1)OCCO2)c1ccccc1. The van der Waals surface area contributed by atoms with E-state index in [0.717, 1.165) is 45.3 Å². The standard InChI is InChI=1S/C33H54N2O3/c1-2-3-4-5-6-7-8-9-10-11-12-13-14-15-19-22-32(36)34-31(30-20-17-16-18-21-30)29-35-25-23-33(24-26-35)37-27-28-38-33/h9-10,16-18,20-21,31H,2-8,11-15,19,22-29H2,1H3,(H,34,36). The summed E-state index contributed by atoms with van der Waals surface area (Å²) < 4.78 is 11.8. The van der Waals surface area contributed by atoms with Gasteiger partial charge in [-0.1, -0.05) is 101 Å². The minimum atomic E-state index is -0.355. The quantitative estimate of drug-likeness (QED) is 0.148. The topological polar surface area (TPSA) is 50.8 Å². The van der Waals surface area contributed by atoms with Crippen LogP contribution in [0.5, 0.6) is 0 Å². The molecule has 1 aromatic carbocycles.